The smallest absolute Gasteiger partial charge is 0.291 e. The molecule has 0 aliphatic heterocycles. The summed E-state index contributed by atoms with van der Waals surface area (Å²) in [6, 6.07) is 1.29. The van der Waals surface area contributed by atoms with Gasteiger partial charge in [-0.2, -0.15) is 0 Å². The van der Waals surface area contributed by atoms with Gasteiger partial charge < -0.3 is 0 Å². The Labute approximate surface area is 64.6 Å². The van der Waals surface area contributed by atoms with Crippen LogP contribution in [-0.2, 0) is 7.05 Å². The largest absolute Gasteiger partial charge is 0.328 e. The van der Waals surface area contributed by atoms with E-state index < -0.39 is 11.2 Å². The summed E-state index contributed by atoms with van der Waals surface area (Å²) in [5.41, 5.74) is -0.811. The minimum atomic E-state index is -0.417. The second-order valence-corrected chi connectivity index (χ2v) is 2.63. The molecule has 1 aromatic heterocycles. The number of aromatic amines is 1. The fraction of sp³-hybridized carbons (Fsp3) is 0.200. The minimum Gasteiger partial charge on any atom is -0.291 e. The highest BCUT2D eigenvalue weighted by Crippen LogP contribution is 1.98. The van der Waals surface area contributed by atoms with E-state index >= 15 is 0 Å². The lowest BCUT2D eigenvalue weighted by Gasteiger charge is -1.96. The molecule has 0 bridgehead atoms. The van der Waals surface area contributed by atoms with Crippen LogP contribution in [0.4, 0.5) is 0 Å². The summed E-state index contributed by atoms with van der Waals surface area (Å²) in [6.45, 7) is 0. The molecule has 1 aromatic rings. The van der Waals surface area contributed by atoms with Crippen molar-refractivity contribution in [2.24, 2.45) is 7.05 Å². The van der Waals surface area contributed by atoms with Crippen molar-refractivity contribution in [1.82, 2.24) is 9.55 Å². The van der Waals surface area contributed by atoms with Gasteiger partial charge in [0.15, 0.2) is 0 Å². The van der Waals surface area contributed by atoms with Crippen molar-refractivity contribution in [3.63, 3.8) is 0 Å². The summed E-state index contributed by atoms with van der Waals surface area (Å²) in [5, 5.41) is 0. The topological polar surface area (TPSA) is 54.9 Å². The Hall–Kier alpha value is -0.840. The van der Waals surface area contributed by atoms with Crippen LogP contribution in [0.2, 0.25) is 0 Å². The molecule has 5 heteroatoms. The maximum absolute atomic E-state index is 10.7. The number of aromatic nitrogens is 2. The average molecular weight is 205 g/mol. The zero-order chi connectivity index (χ0) is 7.72. The third-order valence-corrected chi connectivity index (χ3v) is 1.87. The SMILES string of the molecule is Cn1c(Br)cc(=O)[nH]c1=O. The number of nitrogens with zero attached hydrogens (tertiary/aromatic N) is 1. The molecule has 0 saturated carbocycles. The Balaban J connectivity index is 3.62. The third-order valence-electron chi connectivity index (χ3n) is 1.11. The van der Waals surface area contributed by atoms with Crippen molar-refractivity contribution in [1.29, 1.82) is 0 Å². The lowest BCUT2D eigenvalue weighted by molar-refractivity contribution is 0.777. The molecule has 0 saturated heterocycles. The molecule has 0 radical (unpaired) electrons. The molecular formula is C5H5BrN2O2. The van der Waals surface area contributed by atoms with Gasteiger partial charge in [-0.3, -0.25) is 14.3 Å². The van der Waals surface area contributed by atoms with E-state index in [9.17, 15) is 9.59 Å². The number of rotatable bonds is 0. The van der Waals surface area contributed by atoms with Crippen molar-refractivity contribution < 1.29 is 0 Å². The van der Waals surface area contributed by atoms with Gasteiger partial charge in [-0.25, -0.2) is 4.79 Å². The van der Waals surface area contributed by atoms with Crippen molar-refractivity contribution in [3.05, 3.63) is 31.5 Å². The normalized spacial score (nSPS) is 9.80. The Kier molecular flexibility index (Phi) is 1.76. The fourth-order valence-corrected chi connectivity index (χ4v) is 0.896. The summed E-state index contributed by atoms with van der Waals surface area (Å²) in [7, 11) is 1.56. The maximum Gasteiger partial charge on any atom is 0.328 e. The summed E-state index contributed by atoms with van der Waals surface area (Å²) >= 11 is 3.04. The first-order chi connectivity index (χ1) is 4.61. The molecule has 1 rings (SSSR count). The molecule has 0 aromatic carbocycles. The second kappa shape index (κ2) is 2.42. The van der Waals surface area contributed by atoms with Crippen molar-refractivity contribution in [3.8, 4) is 0 Å². The first kappa shape index (κ1) is 7.27. The van der Waals surface area contributed by atoms with Crippen LogP contribution in [0.25, 0.3) is 0 Å². The number of nitrogens with one attached hydrogen (secondary N) is 1. The molecule has 1 heterocycles. The van der Waals surface area contributed by atoms with Crippen LogP contribution in [0, 0.1) is 0 Å². The summed E-state index contributed by atoms with van der Waals surface area (Å²) in [5.74, 6) is 0. The zero-order valence-corrected chi connectivity index (χ0v) is 6.81. The van der Waals surface area contributed by atoms with Gasteiger partial charge in [-0.05, 0) is 15.9 Å². The van der Waals surface area contributed by atoms with E-state index in [1.807, 2.05) is 0 Å². The molecule has 0 unspecified atom stereocenters. The van der Waals surface area contributed by atoms with E-state index in [0.717, 1.165) is 0 Å². The Bertz CT molecular complexity index is 351. The van der Waals surface area contributed by atoms with E-state index in [1.165, 1.54) is 10.6 Å². The Morgan fingerprint density at radius 2 is 2.20 bits per heavy atom. The van der Waals surface area contributed by atoms with Gasteiger partial charge in [0.1, 0.15) is 0 Å². The van der Waals surface area contributed by atoms with Gasteiger partial charge in [0.2, 0.25) is 0 Å². The molecule has 0 amide bonds. The number of H-pyrrole nitrogens is 1. The first-order valence-electron chi connectivity index (χ1n) is 2.57. The molecule has 4 nitrogen and oxygen atoms in total. The predicted molar refractivity (Wildman–Crippen MR) is 40.0 cm³/mol. The van der Waals surface area contributed by atoms with Crippen LogP contribution in [0.1, 0.15) is 0 Å². The summed E-state index contributed by atoms with van der Waals surface area (Å²) in [4.78, 5) is 23.4. The molecular weight excluding hydrogens is 200 g/mol. The predicted octanol–water partition coefficient (Wildman–Crippen LogP) is -0.164. The Morgan fingerprint density at radius 3 is 2.70 bits per heavy atom. The highest BCUT2D eigenvalue weighted by molar-refractivity contribution is 9.10. The van der Waals surface area contributed by atoms with Gasteiger partial charge in [0.05, 0.1) is 4.60 Å². The second-order valence-electron chi connectivity index (χ2n) is 1.82. The highest BCUT2D eigenvalue weighted by Gasteiger charge is 1.95. The van der Waals surface area contributed by atoms with Crippen molar-refractivity contribution >= 4 is 15.9 Å². The molecule has 0 aliphatic carbocycles. The van der Waals surface area contributed by atoms with E-state index in [2.05, 4.69) is 20.9 Å². The molecule has 0 fully saturated rings. The number of hydrogen-bond acceptors (Lipinski definition) is 2. The van der Waals surface area contributed by atoms with E-state index in [0.29, 0.717) is 4.60 Å². The van der Waals surface area contributed by atoms with E-state index in [1.54, 1.807) is 7.05 Å². The molecule has 0 atom stereocenters. The van der Waals surface area contributed by atoms with Crippen LogP contribution in [0.3, 0.4) is 0 Å². The number of halogens is 1. The van der Waals surface area contributed by atoms with E-state index in [4.69, 9.17) is 0 Å². The highest BCUT2D eigenvalue weighted by atomic mass is 79.9. The standard InChI is InChI=1S/C5H5BrN2O2/c1-8-3(6)2-4(9)7-5(8)10/h2H,1H3,(H,7,9,10). The first-order valence-corrected chi connectivity index (χ1v) is 3.36. The van der Waals surface area contributed by atoms with Gasteiger partial charge in [-0.1, -0.05) is 0 Å². The van der Waals surface area contributed by atoms with Gasteiger partial charge in [0, 0.05) is 13.1 Å². The lowest BCUT2D eigenvalue weighted by atomic mass is 10.6. The molecule has 54 valence electrons. The monoisotopic (exact) mass is 204 g/mol. The number of hydrogen-bond donors (Lipinski definition) is 1. The Morgan fingerprint density at radius 1 is 1.60 bits per heavy atom. The average Bonchev–Trinajstić information content (AvgIpc) is 1.82. The quantitative estimate of drug-likeness (QED) is 0.598. The van der Waals surface area contributed by atoms with Gasteiger partial charge in [-0.15, -0.1) is 0 Å². The minimum absolute atomic E-state index is 0.394. The third kappa shape index (κ3) is 1.18. The van der Waals surface area contributed by atoms with Crippen LogP contribution < -0.4 is 11.2 Å². The molecule has 0 spiro atoms. The van der Waals surface area contributed by atoms with E-state index in [-0.39, 0.29) is 0 Å². The summed E-state index contributed by atoms with van der Waals surface area (Å²) < 4.78 is 1.77. The van der Waals surface area contributed by atoms with Crippen LogP contribution in [0.5, 0.6) is 0 Å². The molecule has 1 N–H and O–H groups in total. The molecule has 10 heavy (non-hydrogen) atoms. The van der Waals surface area contributed by atoms with Crippen molar-refractivity contribution in [2.45, 2.75) is 0 Å². The molecule has 0 aliphatic rings. The van der Waals surface area contributed by atoms with Crippen molar-refractivity contribution in [2.75, 3.05) is 0 Å². The van der Waals surface area contributed by atoms with Gasteiger partial charge in [0.25, 0.3) is 5.56 Å². The lowest BCUT2D eigenvalue weighted by Crippen LogP contribution is -2.27. The van der Waals surface area contributed by atoms with Crippen LogP contribution >= 0.6 is 15.9 Å². The summed E-state index contributed by atoms with van der Waals surface area (Å²) in [6.07, 6.45) is 0. The van der Waals surface area contributed by atoms with Gasteiger partial charge >= 0.3 is 5.69 Å². The zero-order valence-electron chi connectivity index (χ0n) is 5.22. The fourth-order valence-electron chi connectivity index (χ4n) is 0.527. The van der Waals surface area contributed by atoms with Crippen LogP contribution in [0.15, 0.2) is 20.3 Å². The van der Waals surface area contributed by atoms with Crippen LogP contribution in [-0.4, -0.2) is 9.55 Å². The maximum atomic E-state index is 10.7.